The van der Waals surface area contributed by atoms with Crippen LogP contribution in [0.4, 0.5) is 0 Å². The minimum absolute atomic E-state index is 0.103. The van der Waals surface area contributed by atoms with Gasteiger partial charge in [-0.3, -0.25) is 4.79 Å². The number of aryl methyl sites for hydroxylation is 2. The van der Waals surface area contributed by atoms with Gasteiger partial charge in [-0.1, -0.05) is 54.1 Å². The second-order valence-corrected chi connectivity index (χ2v) is 7.35. The van der Waals surface area contributed by atoms with Gasteiger partial charge in [0.05, 0.1) is 11.0 Å². The fourth-order valence-corrected chi connectivity index (χ4v) is 3.57. The summed E-state index contributed by atoms with van der Waals surface area (Å²) < 4.78 is 2.26. The van der Waals surface area contributed by atoms with Gasteiger partial charge in [0.1, 0.15) is 5.82 Å². The number of rotatable bonds is 7. The molecule has 0 aliphatic carbocycles. The molecule has 1 N–H and O–H groups in total. The first-order valence-corrected chi connectivity index (χ1v) is 10.1. The van der Waals surface area contributed by atoms with E-state index >= 15 is 0 Å². The van der Waals surface area contributed by atoms with Crippen LogP contribution < -0.4 is 5.32 Å². The first-order valence-electron chi connectivity index (χ1n) is 9.72. The first kappa shape index (κ1) is 19.2. The number of amides is 1. The lowest BCUT2D eigenvalue weighted by Gasteiger charge is -2.10. The zero-order chi connectivity index (χ0) is 20.1. The maximum Gasteiger partial charge on any atom is 0.251 e. The van der Waals surface area contributed by atoms with E-state index in [2.05, 4.69) is 40.2 Å². The van der Waals surface area contributed by atoms with E-state index < -0.39 is 0 Å². The summed E-state index contributed by atoms with van der Waals surface area (Å²) in [7, 11) is 0. The number of halogens is 1. The molecule has 0 saturated carbocycles. The number of para-hydroxylation sites is 2. The van der Waals surface area contributed by atoms with Crippen molar-refractivity contribution >= 4 is 28.5 Å². The summed E-state index contributed by atoms with van der Waals surface area (Å²) in [5.41, 5.74) is 4.02. The third kappa shape index (κ3) is 4.66. The van der Waals surface area contributed by atoms with Crippen LogP contribution in [0.15, 0.2) is 78.9 Å². The Kier molecular flexibility index (Phi) is 5.92. The minimum Gasteiger partial charge on any atom is -0.352 e. The van der Waals surface area contributed by atoms with Crippen LogP contribution in [-0.4, -0.2) is 22.0 Å². The Hall–Kier alpha value is -3.11. The molecule has 0 saturated heterocycles. The average molecular weight is 404 g/mol. The molecule has 5 heteroatoms. The van der Waals surface area contributed by atoms with E-state index in [4.69, 9.17) is 16.6 Å². The number of hydrogen-bond donors (Lipinski definition) is 1. The van der Waals surface area contributed by atoms with Crippen LogP contribution in [0.1, 0.15) is 21.7 Å². The molecule has 0 fully saturated rings. The standard InChI is InChI=1S/C24H22ClN3O/c25-20-12-10-19(11-13-20)24(29)26-16-14-23-27-21-8-4-5-9-22(21)28(23)17-15-18-6-2-1-3-7-18/h1-13H,14-17H2,(H,26,29). The molecule has 0 spiro atoms. The van der Waals surface area contributed by atoms with E-state index in [1.807, 2.05) is 24.3 Å². The number of hydrogen-bond acceptors (Lipinski definition) is 2. The summed E-state index contributed by atoms with van der Waals surface area (Å²) in [5, 5.41) is 3.60. The molecular formula is C24H22ClN3O. The summed E-state index contributed by atoms with van der Waals surface area (Å²) in [6.45, 7) is 1.38. The third-order valence-electron chi connectivity index (χ3n) is 4.94. The van der Waals surface area contributed by atoms with E-state index in [1.54, 1.807) is 24.3 Å². The molecule has 1 heterocycles. The summed E-state index contributed by atoms with van der Waals surface area (Å²) in [4.78, 5) is 17.1. The van der Waals surface area contributed by atoms with Gasteiger partial charge in [0.25, 0.3) is 5.91 Å². The highest BCUT2D eigenvalue weighted by atomic mass is 35.5. The number of carbonyl (C=O) groups is 1. The van der Waals surface area contributed by atoms with Crippen LogP contribution in [0, 0.1) is 0 Å². The summed E-state index contributed by atoms with van der Waals surface area (Å²) >= 11 is 5.89. The zero-order valence-electron chi connectivity index (χ0n) is 16.0. The molecule has 0 atom stereocenters. The van der Waals surface area contributed by atoms with E-state index in [0.717, 1.165) is 29.8 Å². The molecule has 0 radical (unpaired) electrons. The number of imidazole rings is 1. The van der Waals surface area contributed by atoms with Gasteiger partial charge < -0.3 is 9.88 Å². The molecule has 0 unspecified atom stereocenters. The van der Waals surface area contributed by atoms with Crippen LogP contribution in [0.2, 0.25) is 5.02 Å². The topological polar surface area (TPSA) is 46.9 Å². The summed E-state index contributed by atoms with van der Waals surface area (Å²) in [6, 6.07) is 25.5. The molecule has 0 bridgehead atoms. The van der Waals surface area contributed by atoms with E-state index in [1.165, 1.54) is 5.56 Å². The van der Waals surface area contributed by atoms with Crippen molar-refractivity contribution in [3.63, 3.8) is 0 Å². The van der Waals surface area contributed by atoms with Crippen LogP contribution in [0.3, 0.4) is 0 Å². The number of nitrogens with one attached hydrogen (secondary N) is 1. The van der Waals surface area contributed by atoms with Gasteiger partial charge in [0.15, 0.2) is 0 Å². The number of aromatic nitrogens is 2. The molecule has 4 aromatic rings. The van der Waals surface area contributed by atoms with Crippen LogP contribution >= 0.6 is 11.6 Å². The SMILES string of the molecule is O=C(NCCc1nc2ccccc2n1CCc1ccccc1)c1ccc(Cl)cc1. The molecule has 4 rings (SSSR count). The molecule has 0 aliphatic rings. The van der Waals surface area contributed by atoms with E-state index in [9.17, 15) is 4.79 Å². The maximum absolute atomic E-state index is 12.3. The maximum atomic E-state index is 12.3. The number of carbonyl (C=O) groups excluding carboxylic acids is 1. The lowest BCUT2D eigenvalue weighted by atomic mass is 10.1. The molecule has 1 aromatic heterocycles. The Balaban J connectivity index is 1.46. The van der Waals surface area contributed by atoms with Crippen LogP contribution in [-0.2, 0) is 19.4 Å². The van der Waals surface area contributed by atoms with Gasteiger partial charge in [-0.25, -0.2) is 4.98 Å². The number of fused-ring (bicyclic) bond motifs is 1. The van der Waals surface area contributed by atoms with Crippen molar-refractivity contribution in [1.82, 2.24) is 14.9 Å². The molecule has 0 aliphatic heterocycles. The van der Waals surface area contributed by atoms with Gasteiger partial charge in [-0.05, 0) is 48.4 Å². The van der Waals surface area contributed by atoms with Gasteiger partial charge in [0.2, 0.25) is 0 Å². The minimum atomic E-state index is -0.103. The Morgan fingerprint density at radius 3 is 2.41 bits per heavy atom. The predicted molar refractivity (Wildman–Crippen MR) is 117 cm³/mol. The second kappa shape index (κ2) is 8.93. The van der Waals surface area contributed by atoms with Crippen molar-refractivity contribution in [3.05, 3.63) is 101 Å². The van der Waals surface area contributed by atoms with Gasteiger partial charge in [-0.2, -0.15) is 0 Å². The van der Waals surface area contributed by atoms with Crippen molar-refractivity contribution in [2.45, 2.75) is 19.4 Å². The highest BCUT2D eigenvalue weighted by Gasteiger charge is 2.11. The van der Waals surface area contributed by atoms with Crippen LogP contribution in [0.5, 0.6) is 0 Å². The van der Waals surface area contributed by atoms with E-state index in [0.29, 0.717) is 23.6 Å². The average Bonchev–Trinajstić information content (AvgIpc) is 3.11. The highest BCUT2D eigenvalue weighted by molar-refractivity contribution is 6.30. The Morgan fingerprint density at radius 2 is 1.62 bits per heavy atom. The molecule has 3 aromatic carbocycles. The van der Waals surface area contributed by atoms with Gasteiger partial charge >= 0.3 is 0 Å². The lowest BCUT2D eigenvalue weighted by Crippen LogP contribution is -2.26. The first-order chi connectivity index (χ1) is 14.2. The summed E-state index contributed by atoms with van der Waals surface area (Å²) in [5.74, 6) is 0.882. The fourth-order valence-electron chi connectivity index (χ4n) is 3.44. The van der Waals surface area contributed by atoms with Gasteiger partial charge in [0, 0.05) is 30.1 Å². The molecular weight excluding hydrogens is 382 g/mol. The molecule has 29 heavy (non-hydrogen) atoms. The molecule has 146 valence electrons. The number of benzene rings is 3. The van der Waals surface area contributed by atoms with Crippen molar-refractivity contribution < 1.29 is 4.79 Å². The van der Waals surface area contributed by atoms with Crippen LogP contribution in [0.25, 0.3) is 11.0 Å². The fraction of sp³-hybridized carbons (Fsp3) is 0.167. The highest BCUT2D eigenvalue weighted by Crippen LogP contribution is 2.17. The second-order valence-electron chi connectivity index (χ2n) is 6.92. The lowest BCUT2D eigenvalue weighted by molar-refractivity contribution is 0.0954. The largest absolute Gasteiger partial charge is 0.352 e. The normalized spacial score (nSPS) is 10.9. The van der Waals surface area contributed by atoms with E-state index in [-0.39, 0.29) is 5.91 Å². The molecule has 1 amide bonds. The van der Waals surface area contributed by atoms with Gasteiger partial charge in [-0.15, -0.1) is 0 Å². The van der Waals surface area contributed by atoms with Crippen molar-refractivity contribution in [2.24, 2.45) is 0 Å². The molecule has 4 nitrogen and oxygen atoms in total. The van der Waals surface area contributed by atoms with Crippen molar-refractivity contribution in [2.75, 3.05) is 6.54 Å². The summed E-state index contributed by atoms with van der Waals surface area (Å²) in [6.07, 6.45) is 1.61. The third-order valence-corrected chi connectivity index (χ3v) is 5.19. The Morgan fingerprint density at radius 1 is 0.897 bits per heavy atom. The Bertz CT molecular complexity index is 1100. The zero-order valence-corrected chi connectivity index (χ0v) is 16.8. The van der Waals surface area contributed by atoms with Crippen molar-refractivity contribution in [1.29, 1.82) is 0 Å². The smallest absolute Gasteiger partial charge is 0.251 e. The monoisotopic (exact) mass is 403 g/mol. The number of nitrogens with zero attached hydrogens (tertiary/aromatic N) is 2. The predicted octanol–water partition coefficient (Wildman–Crippen LogP) is 4.90. The quantitative estimate of drug-likeness (QED) is 0.476. The Labute approximate surface area is 175 Å². The van der Waals surface area contributed by atoms with Crippen molar-refractivity contribution in [3.8, 4) is 0 Å².